The van der Waals surface area contributed by atoms with Crippen LogP contribution >= 0.6 is 0 Å². The van der Waals surface area contributed by atoms with Gasteiger partial charge in [-0.15, -0.1) is 0 Å². The number of carbonyl (C=O) groups excluding carboxylic acids is 2. The average molecular weight is 311 g/mol. The molecule has 1 aromatic heterocycles. The van der Waals surface area contributed by atoms with Crippen LogP contribution in [0.1, 0.15) is 36.2 Å². The number of amides is 2. The van der Waals surface area contributed by atoms with Gasteiger partial charge in [0.1, 0.15) is 0 Å². The van der Waals surface area contributed by atoms with Crippen LogP contribution in [0.3, 0.4) is 0 Å². The molecule has 0 saturated heterocycles. The van der Waals surface area contributed by atoms with E-state index in [-0.39, 0.29) is 11.8 Å². The maximum absolute atomic E-state index is 11.9. The fourth-order valence-corrected chi connectivity index (χ4v) is 2.07. The number of benzene rings is 1. The standard InChI is InChI=1S/C18H21N3O2/c1-13(2)10-17(22)21-16-7-5-14(6-8-16)11-20-18(23)15-4-3-9-19-12-15/h3-9,12-13H,10-11H2,1-2H3,(H,20,23)(H,21,22). The number of pyridine rings is 1. The zero-order chi connectivity index (χ0) is 16.7. The van der Waals surface area contributed by atoms with E-state index in [0.29, 0.717) is 24.4 Å². The smallest absolute Gasteiger partial charge is 0.253 e. The van der Waals surface area contributed by atoms with Crippen LogP contribution in [0.5, 0.6) is 0 Å². The van der Waals surface area contributed by atoms with Gasteiger partial charge in [0.15, 0.2) is 0 Å². The Balaban J connectivity index is 1.85. The van der Waals surface area contributed by atoms with Crippen molar-refractivity contribution >= 4 is 17.5 Å². The van der Waals surface area contributed by atoms with Crippen molar-refractivity contribution in [3.63, 3.8) is 0 Å². The summed E-state index contributed by atoms with van der Waals surface area (Å²) in [4.78, 5) is 27.5. The molecular weight excluding hydrogens is 290 g/mol. The molecular formula is C18H21N3O2. The summed E-state index contributed by atoms with van der Waals surface area (Å²) >= 11 is 0. The summed E-state index contributed by atoms with van der Waals surface area (Å²) in [6, 6.07) is 10.9. The fourth-order valence-electron chi connectivity index (χ4n) is 2.07. The maximum atomic E-state index is 11.9. The molecule has 0 bridgehead atoms. The molecule has 2 amide bonds. The molecule has 5 nitrogen and oxygen atoms in total. The van der Waals surface area contributed by atoms with Crippen LogP contribution in [0.4, 0.5) is 5.69 Å². The van der Waals surface area contributed by atoms with Crippen LogP contribution in [0.25, 0.3) is 0 Å². The molecule has 0 aliphatic carbocycles. The summed E-state index contributed by atoms with van der Waals surface area (Å²) in [5.41, 5.74) is 2.26. The van der Waals surface area contributed by atoms with Gasteiger partial charge in [-0.2, -0.15) is 0 Å². The zero-order valence-electron chi connectivity index (χ0n) is 13.4. The Bertz CT molecular complexity index is 652. The predicted octanol–water partition coefficient (Wildman–Crippen LogP) is 3.00. The molecule has 0 spiro atoms. The van der Waals surface area contributed by atoms with Gasteiger partial charge in [0, 0.05) is 31.0 Å². The lowest BCUT2D eigenvalue weighted by molar-refractivity contribution is -0.116. The summed E-state index contributed by atoms with van der Waals surface area (Å²) in [7, 11) is 0. The molecule has 1 heterocycles. The highest BCUT2D eigenvalue weighted by atomic mass is 16.2. The van der Waals surface area contributed by atoms with Crippen molar-refractivity contribution in [2.75, 3.05) is 5.32 Å². The van der Waals surface area contributed by atoms with Crippen LogP contribution in [-0.2, 0) is 11.3 Å². The third kappa shape index (κ3) is 5.54. The molecule has 0 fully saturated rings. The highest BCUT2D eigenvalue weighted by Crippen LogP contribution is 2.11. The molecule has 0 aliphatic heterocycles. The molecule has 2 N–H and O–H groups in total. The molecule has 0 unspecified atom stereocenters. The molecule has 2 aromatic rings. The molecule has 2 rings (SSSR count). The predicted molar refractivity (Wildman–Crippen MR) is 89.9 cm³/mol. The second kappa shape index (κ2) is 8.08. The third-order valence-corrected chi connectivity index (χ3v) is 3.21. The van der Waals surface area contributed by atoms with Crippen molar-refractivity contribution in [1.82, 2.24) is 10.3 Å². The van der Waals surface area contributed by atoms with E-state index in [1.807, 2.05) is 38.1 Å². The van der Waals surface area contributed by atoms with Gasteiger partial charge in [-0.25, -0.2) is 0 Å². The highest BCUT2D eigenvalue weighted by Gasteiger charge is 2.06. The Morgan fingerprint density at radius 2 is 1.87 bits per heavy atom. The summed E-state index contributed by atoms with van der Waals surface area (Å²) in [5.74, 6) is 0.182. The van der Waals surface area contributed by atoms with Crippen molar-refractivity contribution in [2.45, 2.75) is 26.8 Å². The number of anilines is 1. The largest absolute Gasteiger partial charge is 0.348 e. The van der Waals surface area contributed by atoms with E-state index in [4.69, 9.17) is 0 Å². The normalized spacial score (nSPS) is 10.4. The van der Waals surface area contributed by atoms with Gasteiger partial charge < -0.3 is 10.6 Å². The van der Waals surface area contributed by atoms with Gasteiger partial charge in [-0.05, 0) is 35.7 Å². The van der Waals surface area contributed by atoms with E-state index in [1.54, 1.807) is 18.3 Å². The van der Waals surface area contributed by atoms with Crippen LogP contribution in [0, 0.1) is 5.92 Å². The molecule has 0 saturated carbocycles. The summed E-state index contributed by atoms with van der Waals surface area (Å²) in [6.07, 6.45) is 3.66. The number of aromatic nitrogens is 1. The SMILES string of the molecule is CC(C)CC(=O)Nc1ccc(CNC(=O)c2cccnc2)cc1. The Morgan fingerprint density at radius 3 is 2.48 bits per heavy atom. The van der Waals surface area contributed by atoms with E-state index in [0.717, 1.165) is 11.3 Å². The van der Waals surface area contributed by atoms with E-state index < -0.39 is 0 Å². The highest BCUT2D eigenvalue weighted by molar-refractivity contribution is 5.93. The second-order valence-electron chi connectivity index (χ2n) is 5.77. The lowest BCUT2D eigenvalue weighted by Gasteiger charge is -2.09. The number of nitrogens with zero attached hydrogens (tertiary/aromatic N) is 1. The molecule has 0 aliphatic rings. The van der Waals surface area contributed by atoms with Crippen molar-refractivity contribution in [3.8, 4) is 0 Å². The molecule has 5 heteroatoms. The fraction of sp³-hybridized carbons (Fsp3) is 0.278. The van der Waals surface area contributed by atoms with Crippen molar-refractivity contribution in [1.29, 1.82) is 0 Å². The van der Waals surface area contributed by atoms with Crippen LogP contribution in [-0.4, -0.2) is 16.8 Å². The summed E-state index contributed by atoms with van der Waals surface area (Å²) < 4.78 is 0. The lowest BCUT2D eigenvalue weighted by atomic mass is 10.1. The Hall–Kier alpha value is -2.69. The number of hydrogen-bond donors (Lipinski definition) is 2. The summed E-state index contributed by atoms with van der Waals surface area (Å²) in [6.45, 7) is 4.44. The van der Waals surface area contributed by atoms with Gasteiger partial charge in [0.25, 0.3) is 5.91 Å². The van der Waals surface area contributed by atoms with Crippen LogP contribution in [0.2, 0.25) is 0 Å². The van der Waals surface area contributed by atoms with Gasteiger partial charge in [-0.3, -0.25) is 14.6 Å². The first-order chi connectivity index (χ1) is 11.0. The first-order valence-electron chi connectivity index (χ1n) is 7.61. The van der Waals surface area contributed by atoms with Crippen LogP contribution < -0.4 is 10.6 Å². The molecule has 0 atom stereocenters. The Kier molecular flexibility index (Phi) is 5.86. The quantitative estimate of drug-likeness (QED) is 0.861. The number of hydrogen-bond acceptors (Lipinski definition) is 3. The minimum absolute atomic E-state index is 0.0117. The van der Waals surface area contributed by atoms with Gasteiger partial charge in [0.05, 0.1) is 5.56 Å². The van der Waals surface area contributed by atoms with E-state index in [2.05, 4.69) is 15.6 Å². The summed E-state index contributed by atoms with van der Waals surface area (Å²) in [5, 5.41) is 5.69. The van der Waals surface area contributed by atoms with E-state index >= 15 is 0 Å². The number of nitrogens with one attached hydrogen (secondary N) is 2. The van der Waals surface area contributed by atoms with Crippen molar-refractivity contribution in [2.24, 2.45) is 5.92 Å². The number of carbonyl (C=O) groups is 2. The van der Waals surface area contributed by atoms with Gasteiger partial charge in [-0.1, -0.05) is 26.0 Å². The van der Waals surface area contributed by atoms with E-state index in [9.17, 15) is 9.59 Å². The van der Waals surface area contributed by atoms with Crippen molar-refractivity contribution < 1.29 is 9.59 Å². The average Bonchev–Trinajstić information content (AvgIpc) is 2.54. The zero-order valence-corrected chi connectivity index (χ0v) is 13.4. The topological polar surface area (TPSA) is 71.1 Å². The number of rotatable bonds is 6. The first kappa shape index (κ1) is 16.7. The van der Waals surface area contributed by atoms with Crippen LogP contribution in [0.15, 0.2) is 48.8 Å². The Morgan fingerprint density at radius 1 is 1.13 bits per heavy atom. The maximum Gasteiger partial charge on any atom is 0.253 e. The minimum atomic E-state index is -0.160. The lowest BCUT2D eigenvalue weighted by Crippen LogP contribution is -2.22. The molecule has 0 radical (unpaired) electrons. The van der Waals surface area contributed by atoms with E-state index in [1.165, 1.54) is 6.20 Å². The monoisotopic (exact) mass is 311 g/mol. The second-order valence-corrected chi connectivity index (χ2v) is 5.77. The molecule has 120 valence electrons. The Labute approximate surface area is 136 Å². The first-order valence-corrected chi connectivity index (χ1v) is 7.61. The minimum Gasteiger partial charge on any atom is -0.348 e. The molecule has 23 heavy (non-hydrogen) atoms. The van der Waals surface area contributed by atoms with Crippen molar-refractivity contribution in [3.05, 3.63) is 59.9 Å². The van der Waals surface area contributed by atoms with Gasteiger partial charge in [0.2, 0.25) is 5.91 Å². The van der Waals surface area contributed by atoms with Gasteiger partial charge >= 0.3 is 0 Å². The molecule has 1 aromatic carbocycles. The third-order valence-electron chi connectivity index (χ3n) is 3.21.